The molecule has 0 radical (unpaired) electrons. The Kier molecular flexibility index (Phi) is 4.18. The van der Waals surface area contributed by atoms with Crippen molar-refractivity contribution >= 4 is 17.0 Å². The SMILES string of the molecule is COCCN(CC1CCCN1)c1nc2ccccc2[nH]1. The molecule has 3 rings (SSSR count). The normalized spacial score (nSPS) is 18.8. The fraction of sp³-hybridized carbons (Fsp3) is 0.533. The molecule has 2 N–H and O–H groups in total. The number of imidazole rings is 1. The third-order valence-corrected chi connectivity index (χ3v) is 3.84. The molecule has 5 nitrogen and oxygen atoms in total. The minimum absolute atomic E-state index is 0.556. The van der Waals surface area contributed by atoms with Crippen molar-refractivity contribution < 1.29 is 4.74 Å². The minimum Gasteiger partial charge on any atom is -0.383 e. The number of benzene rings is 1. The van der Waals surface area contributed by atoms with Crippen LogP contribution in [0.3, 0.4) is 0 Å². The number of H-pyrrole nitrogens is 1. The van der Waals surface area contributed by atoms with E-state index in [0.717, 1.165) is 36.6 Å². The highest BCUT2D eigenvalue weighted by Crippen LogP contribution is 2.18. The summed E-state index contributed by atoms with van der Waals surface area (Å²) >= 11 is 0. The number of fused-ring (bicyclic) bond motifs is 1. The first-order valence-corrected chi connectivity index (χ1v) is 7.29. The molecule has 0 bridgehead atoms. The maximum absolute atomic E-state index is 5.23. The Hall–Kier alpha value is -1.59. The quantitative estimate of drug-likeness (QED) is 0.843. The van der Waals surface area contributed by atoms with E-state index >= 15 is 0 Å². The van der Waals surface area contributed by atoms with Crippen molar-refractivity contribution in [2.24, 2.45) is 0 Å². The van der Waals surface area contributed by atoms with Crippen molar-refractivity contribution in [2.45, 2.75) is 18.9 Å². The molecule has 0 amide bonds. The number of methoxy groups -OCH3 is 1. The molecule has 0 spiro atoms. The molecule has 0 aliphatic carbocycles. The van der Waals surface area contributed by atoms with Crippen LogP contribution in [-0.2, 0) is 4.74 Å². The molecule has 0 saturated carbocycles. The highest BCUT2D eigenvalue weighted by molar-refractivity contribution is 5.77. The van der Waals surface area contributed by atoms with E-state index in [0.29, 0.717) is 12.6 Å². The van der Waals surface area contributed by atoms with Gasteiger partial charge in [-0.15, -0.1) is 0 Å². The number of hydrogen-bond acceptors (Lipinski definition) is 4. The van der Waals surface area contributed by atoms with Gasteiger partial charge in [-0.2, -0.15) is 0 Å². The summed E-state index contributed by atoms with van der Waals surface area (Å²) in [5, 5.41) is 3.54. The topological polar surface area (TPSA) is 53.2 Å². The Morgan fingerprint density at radius 2 is 2.30 bits per heavy atom. The van der Waals surface area contributed by atoms with Gasteiger partial charge in [0.2, 0.25) is 5.95 Å². The van der Waals surface area contributed by atoms with E-state index < -0.39 is 0 Å². The number of aromatic nitrogens is 2. The van der Waals surface area contributed by atoms with E-state index in [9.17, 15) is 0 Å². The zero-order valence-corrected chi connectivity index (χ0v) is 11.9. The lowest BCUT2D eigenvalue weighted by Gasteiger charge is -2.25. The average molecular weight is 274 g/mol. The molecule has 108 valence electrons. The predicted octanol–water partition coefficient (Wildman–Crippen LogP) is 1.77. The number of rotatable bonds is 6. The van der Waals surface area contributed by atoms with Crippen molar-refractivity contribution in [3.63, 3.8) is 0 Å². The lowest BCUT2D eigenvalue weighted by atomic mass is 10.2. The van der Waals surface area contributed by atoms with Gasteiger partial charge in [0, 0.05) is 26.2 Å². The van der Waals surface area contributed by atoms with Gasteiger partial charge in [-0.1, -0.05) is 12.1 Å². The summed E-state index contributed by atoms with van der Waals surface area (Å²) in [6, 6.07) is 8.71. The Bertz CT molecular complexity index is 515. The lowest BCUT2D eigenvalue weighted by molar-refractivity contribution is 0.204. The first-order chi connectivity index (χ1) is 9.86. The standard InChI is InChI=1S/C15H22N4O/c1-20-10-9-19(11-12-5-4-8-16-12)15-17-13-6-2-3-7-14(13)18-15/h2-3,6-7,12,16H,4-5,8-11H2,1H3,(H,17,18). The van der Waals surface area contributed by atoms with Crippen LogP contribution in [0.25, 0.3) is 11.0 Å². The summed E-state index contributed by atoms with van der Waals surface area (Å²) < 4.78 is 5.23. The van der Waals surface area contributed by atoms with Gasteiger partial charge in [-0.25, -0.2) is 4.98 Å². The van der Waals surface area contributed by atoms with Crippen LogP contribution in [-0.4, -0.2) is 49.4 Å². The molecule has 5 heteroatoms. The lowest BCUT2D eigenvalue weighted by Crippen LogP contribution is -2.39. The van der Waals surface area contributed by atoms with Crippen molar-refractivity contribution in [3.05, 3.63) is 24.3 Å². The Morgan fingerprint density at radius 1 is 1.40 bits per heavy atom. The van der Waals surface area contributed by atoms with Crippen molar-refractivity contribution in [1.82, 2.24) is 15.3 Å². The number of aromatic amines is 1. The van der Waals surface area contributed by atoms with Crippen LogP contribution in [0.1, 0.15) is 12.8 Å². The molecule has 1 saturated heterocycles. The molecule has 1 aromatic carbocycles. The Labute approximate surface area is 119 Å². The van der Waals surface area contributed by atoms with Crippen LogP contribution in [0.2, 0.25) is 0 Å². The van der Waals surface area contributed by atoms with E-state index in [4.69, 9.17) is 9.72 Å². The minimum atomic E-state index is 0.556. The molecular formula is C15H22N4O. The molecule has 1 aliphatic rings. The Morgan fingerprint density at radius 3 is 3.05 bits per heavy atom. The Balaban J connectivity index is 1.79. The van der Waals surface area contributed by atoms with Gasteiger partial charge in [0.1, 0.15) is 0 Å². The number of anilines is 1. The predicted molar refractivity (Wildman–Crippen MR) is 81.2 cm³/mol. The second-order valence-electron chi connectivity index (χ2n) is 5.31. The molecule has 1 unspecified atom stereocenters. The van der Waals surface area contributed by atoms with Crippen LogP contribution >= 0.6 is 0 Å². The fourth-order valence-electron chi connectivity index (χ4n) is 2.75. The van der Waals surface area contributed by atoms with Crippen LogP contribution in [0.15, 0.2) is 24.3 Å². The summed E-state index contributed by atoms with van der Waals surface area (Å²) in [7, 11) is 1.74. The van der Waals surface area contributed by atoms with Gasteiger partial charge in [0.15, 0.2) is 0 Å². The molecule has 2 aromatic rings. The van der Waals surface area contributed by atoms with Crippen LogP contribution in [0, 0.1) is 0 Å². The summed E-state index contributed by atoms with van der Waals surface area (Å²) in [6.45, 7) is 3.67. The van der Waals surface area contributed by atoms with Crippen LogP contribution < -0.4 is 10.2 Å². The first kappa shape index (κ1) is 13.4. The van der Waals surface area contributed by atoms with E-state index in [1.54, 1.807) is 7.11 Å². The monoisotopic (exact) mass is 274 g/mol. The summed E-state index contributed by atoms with van der Waals surface area (Å²) in [5.41, 5.74) is 2.11. The first-order valence-electron chi connectivity index (χ1n) is 7.29. The second-order valence-corrected chi connectivity index (χ2v) is 5.31. The molecule has 20 heavy (non-hydrogen) atoms. The van der Waals surface area contributed by atoms with E-state index in [1.165, 1.54) is 12.8 Å². The van der Waals surface area contributed by atoms with Gasteiger partial charge in [-0.3, -0.25) is 0 Å². The van der Waals surface area contributed by atoms with Gasteiger partial charge >= 0.3 is 0 Å². The highest BCUT2D eigenvalue weighted by atomic mass is 16.5. The third-order valence-electron chi connectivity index (χ3n) is 3.84. The van der Waals surface area contributed by atoms with Crippen LogP contribution in [0.5, 0.6) is 0 Å². The largest absolute Gasteiger partial charge is 0.383 e. The number of hydrogen-bond donors (Lipinski definition) is 2. The molecule has 1 aromatic heterocycles. The summed E-state index contributed by atoms with van der Waals surface area (Å²) in [4.78, 5) is 10.4. The van der Waals surface area contributed by atoms with E-state index in [-0.39, 0.29) is 0 Å². The summed E-state index contributed by atoms with van der Waals surface area (Å²) in [6.07, 6.45) is 2.51. The maximum atomic E-state index is 5.23. The zero-order valence-electron chi connectivity index (χ0n) is 11.9. The number of nitrogens with zero attached hydrogens (tertiary/aromatic N) is 2. The summed E-state index contributed by atoms with van der Waals surface area (Å²) in [5.74, 6) is 0.942. The maximum Gasteiger partial charge on any atom is 0.203 e. The fourth-order valence-corrected chi connectivity index (χ4v) is 2.75. The van der Waals surface area contributed by atoms with Crippen molar-refractivity contribution in [3.8, 4) is 0 Å². The van der Waals surface area contributed by atoms with Crippen molar-refractivity contribution in [2.75, 3.05) is 38.3 Å². The van der Waals surface area contributed by atoms with E-state index in [2.05, 4.69) is 21.3 Å². The second kappa shape index (κ2) is 6.24. The number of ether oxygens (including phenoxy) is 1. The molecule has 1 fully saturated rings. The smallest absolute Gasteiger partial charge is 0.203 e. The van der Waals surface area contributed by atoms with Gasteiger partial charge in [0.05, 0.1) is 17.6 Å². The van der Waals surface area contributed by atoms with Gasteiger partial charge in [-0.05, 0) is 31.5 Å². The van der Waals surface area contributed by atoms with E-state index in [1.807, 2.05) is 18.2 Å². The average Bonchev–Trinajstić information content (AvgIpc) is 3.12. The third kappa shape index (κ3) is 2.94. The number of nitrogens with one attached hydrogen (secondary N) is 2. The highest BCUT2D eigenvalue weighted by Gasteiger charge is 2.19. The molecule has 1 atom stereocenters. The van der Waals surface area contributed by atoms with Crippen LogP contribution in [0.4, 0.5) is 5.95 Å². The molecular weight excluding hydrogens is 252 g/mol. The number of para-hydroxylation sites is 2. The molecule has 1 aliphatic heterocycles. The van der Waals surface area contributed by atoms with Gasteiger partial charge < -0.3 is 19.9 Å². The zero-order chi connectivity index (χ0) is 13.8. The van der Waals surface area contributed by atoms with Crippen molar-refractivity contribution in [1.29, 1.82) is 0 Å². The van der Waals surface area contributed by atoms with Gasteiger partial charge in [0.25, 0.3) is 0 Å². The molecule has 2 heterocycles.